The van der Waals surface area contributed by atoms with Gasteiger partial charge in [0.15, 0.2) is 0 Å². The van der Waals surface area contributed by atoms with Crippen LogP contribution in [0.1, 0.15) is 71.6 Å². The van der Waals surface area contributed by atoms with Crippen LogP contribution in [-0.4, -0.2) is 11.2 Å². The second-order valence-electron chi connectivity index (χ2n) is 4.45. The minimum absolute atomic E-state index is 0.292. The van der Waals surface area contributed by atoms with Gasteiger partial charge in [0.05, 0.1) is 6.10 Å². The van der Waals surface area contributed by atoms with E-state index in [4.69, 9.17) is 0 Å². The summed E-state index contributed by atoms with van der Waals surface area (Å²) in [6.45, 7) is 4.41. The van der Waals surface area contributed by atoms with Crippen molar-refractivity contribution in [2.24, 2.45) is 0 Å². The quantitative estimate of drug-likeness (QED) is 0.424. The van der Waals surface area contributed by atoms with E-state index in [1.54, 1.807) is 6.08 Å². The van der Waals surface area contributed by atoms with Crippen molar-refractivity contribution in [3.05, 3.63) is 17.9 Å². The lowest BCUT2D eigenvalue weighted by Gasteiger charge is -2.02. The molecular weight excluding hydrogens is 196 g/mol. The topological polar surface area (TPSA) is 20.2 Å². The highest BCUT2D eigenvalue weighted by Crippen LogP contribution is 2.06. The lowest BCUT2D eigenvalue weighted by atomic mass is 10.1. The van der Waals surface area contributed by atoms with Gasteiger partial charge in [-0.3, -0.25) is 0 Å². The summed E-state index contributed by atoms with van der Waals surface area (Å²) in [4.78, 5) is 0. The van der Waals surface area contributed by atoms with Crippen LogP contribution in [0.5, 0.6) is 0 Å². The van der Waals surface area contributed by atoms with Gasteiger partial charge in [-0.25, -0.2) is 0 Å². The first-order valence-corrected chi connectivity index (χ1v) is 6.90. The maximum atomic E-state index is 9.61. The molecule has 1 atom stereocenters. The molecule has 0 fully saturated rings. The predicted octanol–water partition coefficient (Wildman–Crippen LogP) is 4.61. The van der Waals surface area contributed by atoms with E-state index in [1.807, 2.05) is 6.08 Å². The van der Waals surface area contributed by atoms with E-state index in [9.17, 15) is 5.11 Å². The molecule has 1 N–H and O–H groups in total. The second-order valence-corrected chi connectivity index (χ2v) is 4.45. The van der Waals surface area contributed by atoms with Crippen molar-refractivity contribution >= 4 is 0 Å². The molecule has 1 nitrogen and oxygen atoms in total. The largest absolute Gasteiger partial charge is 0.388 e. The Morgan fingerprint density at radius 2 is 1.69 bits per heavy atom. The first-order valence-electron chi connectivity index (χ1n) is 6.90. The minimum atomic E-state index is -0.292. The molecular formula is C15H28O. The van der Waals surface area contributed by atoms with Crippen LogP contribution in [-0.2, 0) is 0 Å². The van der Waals surface area contributed by atoms with Crippen LogP contribution in [0.15, 0.2) is 17.9 Å². The van der Waals surface area contributed by atoms with Crippen LogP contribution in [0.25, 0.3) is 0 Å². The molecule has 0 aromatic rings. The Labute approximate surface area is 101 Å². The molecule has 0 spiro atoms. The zero-order chi connectivity index (χ0) is 12.1. The summed E-state index contributed by atoms with van der Waals surface area (Å²) < 4.78 is 0. The van der Waals surface area contributed by atoms with Gasteiger partial charge in [0.1, 0.15) is 0 Å². The van der Waals surface area contributed by atoms with E-state index in [-0.39, 0.29) is 6.10 Å². The summed E-state index contributed by atoms with van der Waals surface area (Å²) in [5.41, 5.74) is 3.08. The Bertz CT molecular complexity index is 190. The predicted molar refractivity (Wildman–Crippen MR) is 71.6 cm³/mol. The summed E-state index contributed by atoms with van der Waals surface area (Å²) in [5, 5.41) is 9.61. The zero-order valence-electron chi connectivity index (χ0n) is 11.0. The standard InChI is InChI=1S/C15H28O/c1-3-5-7-9-10-12-14-15(16)13-11-8-6-4-2/h10,14-16H,3-9,11,13H2,1-2H3. The number of unbranched alkanes of at least 4 members (excludes halogenated alkanes) is 6. The van der Waals surface area contributed by atoms with Crippen LogP contribution < -0.4 is 0 Å². The molecule has 1 unspecified atom stereocenters. The highest BCUT2D eigenvalue weighted by molar-refractivity contribution is 4.89. The van der Waals surface area contributed by atoms with E-state index in [0.29, 0.717) is 0 Å². The molecule has 0 aromatic carbocycles. The second kappa shape index (κ2) is 12.5. The highest BCUT2D eigenvalue weighted by Gasteiger charge is 1.97. The van der Waals surface area contributed by atoms with Crippen molar-refractivity contribution in [1.82, 2.24) is 0 Å². The van der Waals surface area contributed by atoms with Crippen molar-refractivity contribution in [3.8, 4) is 0 Å². The third kappa shape index (κ3) is 11.6. The molecule has 0 radical (unpaired) electrons. The Balaban J connectivity index is 3.45. The Kier molecular flexibility index (Phi) is 12.1. The van der Waals surface area contributed by atoms with Crippen LogP contribution in [0.3, 0.4) is 0 Å². The average molecular weight is 224 g/mol. The molecule has 16 heavy (non-hydrogen) atoms. The number of hydrogen-bond donors (Lipinski definition) is 1. The highest BCUT2D eigenvalue weighted by atomic mass is 16.3. The molecule has 94 valence electrons. The molecule has 1 heteroatoms. The van der Waals surface area contributed by atoms with Gasteiger partial charge in [0.25, 0.3) is 0 Å². The molecule has 0 saturated carbocycles. The number of hydrogen-bond acceptors (Lipinski definition) is 1. The van der Waals surface area contributed by atoms with Crippen LogP contribution >= 0.6 is 0 Å². The van der Waals surface area contributed by atoms with Gasteiger partial charge in [-0.05, 0) is 31.4 Å². The summed E-state index contributed by atoms with van der Waals surface area (Å²) in [6, 6.07) is 0. The number of rotatable bonds is 10. The number of aliphatic hydroxyl groups excluding tert-OH is 1. The summed E-state index contributed by atoms with van der Waals surface area (Å²) in [6.07, 6.45) is 14.2. The van der Waals surface area contributed by atoms with Crippen molar-refractivity contribution in [2.45, 2.75) is 77.7 Å². The van der Waals surface area contributed by atoms with Crippen molar-refractivity contribution in [3.63, 3.8) is 0 Å². The van der Waals surface area contributed by atoms with Crippen molar-refractivity contribution in [2.75, 3.05) is 0 Å². The van der Waals surface area contributed by atoms with E-state index < -0.39 is 0 Å². The third-order valence-electron chi connectivity index (χ3n) is 2.71. The van der Waals surface area contributed by atoms with Crippen molar-refractivity contribution in [1.29, 1.82) is 0 Å². The van der Waals surface area contributed by atoms with Gasteiger partial charge in [0, 0.05) is 0 Å². The monoisotopic (exact) mass is 224 g/mol. The van der Waals surface area contributed by atoms with E-state index in [0.717, 1.165) is 19.3 Å². The first-order chi connectivity index (χ1) is 7.81. The summed E-state index contributed by atoms with van der Waals surface area (Å²) >= 11 is 0. The number of aliphatic hydroxyl groups is 1. The fourth-order valence-electron chi connectivity index (χ4n) is 1.62. The molecule has 0 aliphatic carbocycles. The van der Waals surface area contributed by atoms with Crippen molar-refractivity contribution < 1.29 is 5.11 Å². The van der Waals surface area contributed by atoms with E-state index in [2.05, 4.69) is 19.6 Å². The zero-order valence-corrected chi connectivity index (χ0v) is 11.0. The smallest absolute Gasteiger partial charge is 0.0794 e. The summed E-state index contributed by atoms with van der Waals surface area (Å²) in [5.74, 6) is 0. The maximum Gasteiger partial charge on any atom is 0.0794 e. The van der Waals surface area contributed by atoms with Gasteiger partial charge in [0.2, 0.25) is 0 Å². The summed E-state index contributed by atoms with van der Waals surface area (Å²) in [7, 11) is 0. The fraction of sp³-hybridized carbons (Fsp3) is 0.800. The molecule has 0 aliphatic heterocycles. The Morgan fingerprint density at radius 1 is 1.00 bits per heavy atom. The normalized spacial score (nSPS) is 11.9. The Morgan fingerprint density at radius 3 is 2.38 bits per heavy atom. The maximum absolute atomic E-state index is 9.61. The SMILES string of the molecule is CCCCCC=C=CC(O)CCCCCC. The van der Waals surface area contributed by atoms with Gasteiger partial charge in [-0.1, -0.05) is 52.4 Å². The van der Waals surface area contributed by atoms with Gasteiger partial charge in [-0.15, -0.1) is 5.73 Å². The molecule has 0 aliphatic rings. The van der Waals surface area contributed by atoms with E-state index >= 15 is 0 Å². The lowest BCUT2D eigenvalue weighted by Crippen LogP contribution is -2.00. The molecule has 0 saturated heterocycles. The van der Waals surface area contributed by atoms with Gasteiger partial charge < -0.3 is 5.11 Å². The minimum Gasteiger partial charge on any atom is -0.388 e. The molecule has 0 aromatic heterocycles. The van der Waals surface area contributed by atoms with Crippen LogP contribution in [0.4, 0.5) is 0 Å². The molecule has 0 bridgehead atoms. The third-order valence-corrected chi connectivity index (χ3v) is 2.71. The van der Waals surface area contributed by atoms with Gasteiger partial charge >= 0.3 is 0 Å². The van der Waals surface area contributed by atoms with E-state index in [1.165, 1.54) is 38.5 Å². The molecule has 0 rings (SSSR count). The molecule has 0 amide bonds. The molecule has 0 heterocycles. The fourth-order valence-corrected chi connectivity index (χ4v) is 1.62. The first kappa shape index (κ1) is 15.5. The van der Waals surface area contributed by atoms with Crippen LogP contribution in [0.2, 0.25) is 0 Å². The lowest BCUT2D eigenvalue weighted by molar-refractivity contribution is 0.208. The average Bonchev–Trinajstić information content (AvgIpc) is 2.29. The Hall–Kier alpha value is -0.520. The van der Waals surface area contributed by atoms with Gasteiger partial charge in [-0.2, -0.15) is 0 Å². The van der Waals surface area contributed by atoms with Crippen LogP contribution in [0, 0.1) is 0 Å².